The van der Waals surface area contributed by atoms with Crippen LogP contribution in [0.3, 0.4) is 0 Å². The van der Waals surface area contributed by atoms with Gasteiger partial charge in [0.15, 0.2) is 0 Å². The number of nitrogens with zero attached hydrogens (tertiary/aromatic N) is 1. The molecule has 0 spiro atoms. The predicted octanol–water partition coefficient (Wildman–Crippen LogP) is 2.08. The molecule has 5 nitrogen and oxygen atoms in total. The number of amides is 1. The highest BCUT2D eigenvalue weighted by molar-refractivity contribution is 5.92. The fraction of sp³-hybridized carbons (Fsp3) is 0.500. The molecule has 1 aromatic rings. The summed E-state index contributed by atoms with van der Waals surface area (Å²) >= 11 is 0. The molecule has 1 saturated carbocycles. The van der Waals surface area contributed by atoms with Crippen LogP contribution in [0, 0.1) is 11.8 Å². The van der Waals surface area contributed by atoms with Crippen molar-refractivity contribution in [2.75, 3.05) is 5.32 Å². The van der Waals surface area contributed by atoms with Gasteiger partial charge in [-0.3, -0.25) is 14.6 Å². The highest BCUT2D eigenvalue weighted by Crippen LogP contribution is 2.31. The average molecular weight is 262 g/mol. The Morgan fingerprint density at radius 2 is 2.21 bits per heavy atom. The fourth-order valence-electron chi connectivity index (χ4n) is 2.53. The lowest BCUT2D eigenvalue weighted by molar-refractivity contribution is -0.136. The Balaban J connectivity index is 1.95. The quantitative estimate of drug-likeness (QED) is 0.870. The van der Waals surface area contributed by atoms with E-state index in [1.807, 2.05) is 0 Å². The van der Waals surface area contributed by atoms with E-state index in [0.29, 0.717) is 17.3 Å². The maximum atomic E-state index is 12.1. The Morgan fingerprint density at radius 3 is 2.74 bits per heavy atom. The van der Waals surface area contributed by atoms with E-state index in [1.165, 1.54) is 6.20 Å². The van der Waals surface area contributed by atoms with E-state index < -0.39 is 5.97 Å². The van der Waals surface area contributed by atoms with Crippen molar-refractivity contribution >= 4 is 17.6 Å². The number of hydrogen-bond acceptors (Lipinski definition) is 3. The van der Waals surface area contributed by atoms with E-state index in [0.717, 1.165) is 19.3 Å². The number of carbonyl (C=O) groups excluding carboxylic acids is 1. The van der Waals surface area contributed by atoms with Gasteiger partial charge in [0.2, 0.25) is 5.91 Å². The second-order valence-corrected chi connectivity index (χ2v) is 5.11. The molecule has 0 aromatic carbocycles. The second kappa shape index (κ2) is 5.82. The maximum Gasteiger partial charge on any atom is 0.309 e. The fourth-order valence-corrected chi connectivity index (χ4v) is 2.53. The van der Waals surface area contributed by atoms with Crippen LogP contribution in [0.15, 0.2) is 18.3 Å². The van der Waals surface area contributed by atoms with Crippen molar-refractivity contribution in [3.8, 4) is 0 Å². The molecule has 0 aliphatic heterocycles. The number of carboxylic acids is 1. The van der Waals surface area contributed by atoms with Gasteiger partial charge in [0, 0.05) is 5.92 Å². The molecule has 2 unspecified atom stereocenters. The van der Waals surface area contributed by atoms with Crippen LogP contribution in [0.1, 0.15) is 31.9 Å². The Morgan fingerprint density at radius 1 is 1.42 bits per heavy atom. The first kappa shape index (κ1) is 13.5. The molecule has 2 atom stereocenters. The second-order valence-electron chi connectivity index (χ2n) is 5.11. The molecule has 0 bridgehead atoms. The number of aromatic nitrogens is 1. The zero-order valence-corrected chi connectivity index (χ0v) is 10.9. The number of carbonyl (C=O) groups is 2. The summed E-state index contributed by atoms with van der Waals surface area (Å²) in [6.07, 6.45) is 4.56. The highest BCUT2D eigenvalue weighted by atomic mass is 16.4. The average Bonchev–Trinajstić information content (AvgIpc) is 2.77. The van der Waals surface area contributed by atoms with Crippen LogP contribution >= 0.6 is 0 Å². The third-order valence-corrected chi connectivity index (χ3v) is 3.62. The van der Waals surface area contributed by atoms with Gasteiger partial charge in [-0.05, 0) is 30.9 Å². The summed E-state index contributed by atoms with van der Waals surface area (Å²) < 4.78 is 0. The van der Waals surface area contributed by atoms with Crippen LogP contribution in [-0.2, 0) is 16.0 Å². The summed E-state index contributed by atoms with van der Waals surface area (Å²) in [4.78, 5) is 26.6. The summed E-state index contributed by atoms with van der Waals surface area (Å²) in [5, 5.41) is 11.5. The highest BCUT2D eigenvalue weighted by Gasteiger charge is 2.29. The largest absolute Gasteiger partial charge is 0.481 e. The van der Waals surface area contributed by atoms with Gasteiger partial charge >= 0.3 is 5.97 Å². The van der Waals surface area contributed by atoms with E-state index in [2.05, 4.69) is 17.2 Å². The molecule has 0 saturated heterocycles. The molecule has 1 amide bonds. The summed E-state index contributed by atoms with van der Waals surface area (Å²) in [5.74, 6) is -0.361. The summed E-state index contributed by atoms with van der Waals surface area (Å²) in [7, 11) is 0. The van der Waals surface area contributed by atoms with E-state index in [9.17, 15) is 9.59 Å². The smallest absolute Gasteiger partial charge is 0.309 e. The van der Waals surface area contributed by atoms with Crippen LogP contribution in [0.25, 0.3) is 0 Å². The number of anilines is 1. The molecule has 1 heterocycles. The summed E-state index contributed by atoms with van der Waals surface area (Å²) in [6.45, 7) is 2.10. The topological polar surface area (TPSA) is 79.3 Å². The molecular formula is C14H18N2O3. The van der Waals surface area contributed by atoms with Gasteiger partial charge in [0.25, 0.3) is 0 Å². The van der Waals surface area contributed by atoms with Gasteiger partial charge < -0.3 is 10.4 Å². The number of aliphatic carboxylic acids is 1. The molecular weight excluding hydrogens is 244 g/mol. The van der Waals surface area contributed by atoms with Gasteiger partial charge in [-0.1, -0.05) is 13.3 Å². The number of carboxylic acid groups (broad SMARTS) is 1. The van der Waals surface area contributed by atoms with Crippen LogP contribution in [0.5, 0.6) is 0 Å². The molecule has 2 N–H and O–H groups in total. The number of pyridine rings is 1. The molecule has 1 aliphatic rings. The first-order valence-electron chi connectivity index (χ1n) is 6.54. The minimum Gasteiger partial charge on any atom is -0.481 e. The van der Waals surface area contributed by atoms with Crippen LogP contribution in [0.2, 0.25) is 0 Å². The molecule has 5 heteroatoms. The van der Waals surface area contributed by atoms with Gasteiger partial charge in [-0.25, -0.2) is 0 Å². The molecule has 1 aliphatic carbocycles. The van der Waals surface area contributed by atoms with E-state index in [4.69, 9.17) is 5.11 Å². The van der Waals surface area contributed by atoms with Crippen molar-refractivity contribution < 1.29 is 14.7 Å². The van der Waals surface area contributed by atoms with E-state index in [1.54, 1.807) is 12.1 Å². The van der Waals surface area contributed by atoms with Gasteiger partial charge in [0.1, 0.15) is 0 Å². The van der Waals surface area contributed by atoms with E-state index in [-0.39, 0.29) is 18.2 Å². The van der Waals surface area contributed by atoms with Gasteiger partial charge in [-0.2, -0.15) is 0 Å². The monoisotopic (exact) mass is 262 g/mol. The zero-order valence-electron chi connectivity index (χ0n) is 10.9. The summed E-state index contributed by atoms with van der Waals surface area (Å²) in [5.41, 5.74) is 1.11. The van der Waals surface area contributed by atoms with Crippen LogP contribution in [-0.4, -0.2) is 22.0 Å². The van der Waals surface area contributed by atoms with E-state index >= 15 is 0 Å². The lowest BCUT2D eigenvalue weighted by Gasteiger charge is -2.15. The Bertz CT molecular complexity index is 470. The first-order valence-corrected chi connectivity index (χ1v) is 6.54. The standard InChI is InChI=1S/C14H18N2O3/c1-9-3-2-4-12(9)14(19)16-11-6-5-10(15-8-11)7-13(17)18/h5-6,8-9,12H,2-4,7H2,1H3,(H,16,19)(H,17,18). The molecule has 0 radical (unpaired) electrons. The predicted molar refractivity (Wildman–Crippen MR) is 70.7 cm³/mol. The number of rotatable bonds is 4. The molecule has 1 aromatic heterocycles. The first-order chi connectivity index (χ1) is 9.06. The molecule has 1 fully saturated rings. The van der Waals surface area contributed by atoms with Crippen molar-refractivity contribution in [2.45, 2.75) is 32.6 Å². The molecule has 2 rings (SSSR count). The molecule has 102 valence electrons. The van der Waals surface area contributed by atoms with Gasteiger partial charge in [-0.15, -0.1) is 0 Å². The minimum absolute atomic E-state index is 0.0396. The Hall–Kier alpha value is -1.91. The van der Waals surface area contributed by atoms with Gasteiger partial charge in [0.05, 0.1) is 24.0 Å². The third-order valence-electron chi connectivity index (χ3n) is 3.62. The van der Waals surface area contributed by atoms with Crippen molar-refractivity contribution in [2.24, 2.45) is 11.8 Å². The maximum absolute atomic E-state index is 12.1. The molecule has 19 heavy (non-hydrogen) atoms. The minimum atomic E-state index is -0.913. The van der Waals surface area contributed by atoms with Crippen molar-refractivity contribution in [3.63, 3.8) is 0 Å². The van der Waals surface area contributed by atoms with Crippen molar-refractivity contribution in [1.29, 1.82) is 0 Å². The van der Waals surface area contributed by atoms with Crippen LogP contribution < -0.4 is 5.32 Å². The van der Waals surface area contributed by atoms with Crippen LogP contribution in [0.4, 0.5) is 5.69 Å². The Labute approximate surface area is 112 Å². The normalized spacial score (nSPS) is 22.2. The van der Waals surface area contributed by atoms with Crippen molar-refractivity contribution in [1.82, 2.24) is 4.98 Å². The van der Waals surface area contributed by atoms with Crippen molar-refractivity contribution in [3.05, 3.63) is 24.0 Å². The lowest BCUT2D eigenvalue weighted by Crippen LogP contribution is -2.24. The number of hydrogen-bond donors (Lipinski definition) is 2. The lowest BCUT2D eigenvalue weighted by atomic mass is 9.97. The zero-order chi connectivity index (χ0) is 13.8. The Kier molecular flexibility index (Phi) is 4.14. The number of nitrogens with one attached hydrogen (secondary N) is 1. The summed E-state index contributed by atoms with van der Waals surface area (Å²) in [6, 6.07) is 3.32. The SMILES string of the molecule is CC1CCCC1C(=O)Nc1ccc(CC(=O)O)nc1. The third kappa shape index (κ3) is 3.53.